The number of hydrogen-bond donors (Lipinski definition) is 0. The van der Waals surface area contributed by atoms with E-state index in [4.69, 9.17) is 15.0 Å². The van der Waals surface area contributed by atoms with E-state index < -0.39 is 0 Å². The molecule has 5 nitrogen and oxygen atoms in total. The van der Waals surface area contributed by atoms with E-state index in [1.54, 1.807) is 6.20 Å². The van der Waals surface area contributed by atoms with Gasteiger partial charge in [0.2, 0.25) is 0 Å². The van der Waals surface area contributed by atoms with E-state index in [1.807, 2.05) is 24.4 Å². The molecule has 0 spiro atoms. The molecule has 0 bridgehead atoms. The maximum atomic E-state index is 5.46. The summed E-state index contributed by atoms with van der Waals surface area (Å²) >= 11 is 0. The van der Waals surface area contributed by atoms with Crippen LogP contribution in [-0.2, 0) is 0 Å². The average molecular weight is 728 g/mol. The average Bonchev–Trinajstić information content (AvgIpc) is 3.29. The standard InChI is InChI=1S/C52H33N5/c1-3-12-40(13-4-1)57(41-14-5-2-6-15-41)42-25-19-35(20-26-42)50-45-28-21-34-10-7-8-16-43(34)49(45)44-27-22-38(32-48(44)56-50)46-29-23-36-17-18-37-24-30-47(39-11-9-31-53-33-39)55-52(37)51(36)54-46/h1-33H. The van der Waals surface area contributed by atoms with Gasteiger partial charge in [0, 0.05) is 73.1 Å². The number of anilines is 3. The maximum Gasteiger partial charge on any atom is 0.0972 e. The molecule has 4 aromatic heterocycles. The highest BCUT2D eigenvalue weighted by atomic mass is 15.1. The van der Waals surface area contributed by atoms with Gasteiger partial charge in [0.1, 0.15) is 0 Å². The first-order valence-corrected chi connectivity index (χ1v) is 19.1. The smallest absolute Gasteiger partial charge is 0.0972 e. The maximum absolute atomic E-state index is 5.46. The third-order valence-corrected chi connectivity index (χ3v) is 10.9. The summed E-state index contributed by atoms with van der Waals surface area (Å²) in [6.45, 7) is 0. The molecule has 0 unspecified atom stereocenters. The van der Waals surface area contributed by atoms with Crippen LogP contribution in [0.5, 0.6) is 0 Å². The zero-order valence-corrected chi connectivity index (χ0v) is 30.8. The molecule has 5 heteroatoms. The number of hydrogen-bond acceptors (Lipinski definition) is 5. The van der Waals surface area contributed by atoms with Gasteiger partial charge in [-0.05, 0) is 77.5 Å². The summed E-state index contributed by atoms with van der Waals surface area (Å²) in [6.07, 6.45) is 3.63. The van der Waals surface area contributed by atoms with Gasteiger partial charge in [0.15, 0.2) is 0 Å². The monoisotopic (exact) mass is 727 g/mol. The van der Waals surface area contributed by atoms with Crippen molar-refractivity contribution < 1.29 is 0 Å². The molecular weight excluding hydrogens is 695 g/mol. The first kappa shape index (κ1) is 32.7. The summed E-state index contributed by atoms with van der Waals surface area (Å²) in [5.41, 5.74) is 11.7. The molecular formula is C52H33N5. The van der Waals surface area contributed by atoms with Crippen molar-refractivity contribution in [3.8, 4) is 33.8 Å². The van der Waals surface area contributed by atoms with Crippen molar-refractivity contribution in [1.29, 1.82) is 0 Å². The second kappa shape index (κ2) is 13.5. The van der Waals surface area contributed by atoms with Crippen LogP contribution in [0.1, 0.15) is 0 Å². The van der Waals surface area contributed by atoms with E-state index in [9.17, 15) is 0 Å². The van der Waals surface area contributed by atoms with Crippen molar-refractivity contribution in [2.24, 2.45) is 0 Å². The molecule has 0 saturated heterocycles. The zero-order valence-electron chi connectivity index (χ0n) is 30.8. The summed E-state index contributed by atoms with van der Waals surface area (Å²) < 4.78 is 0. The predicted octanol–water partition coefficient (Wildman–Crippen LogP) is 13.5. The van der Waals surface area contributed by atoms with Gasteiger partial charge in [-0.15, -0.1) is 0 Å². The van der Waals surface area contributed by atoms with Crippen molar-refractivity contribution in [2.45, 2.75) is 0 Å². The van der Waals surface area contributed by atoms with Gasteiger partial charge in [-0.25, -0.2) is 15.0 Å². The number of nitrogens with zero attached hydrogens (tertiary/aromatic N) is 5. The predicted molar refractivity (Wildman–Crippen MR) is 236 cm³/mol. The minimum atomic E-state index is 0.870. The van der Waals surface area contributed by atoms with Crippen molar-refractivity contribution in [2.75, 3.05) is 4.90 Å². The summed E-state index contributed by atoms with van der Waals surface area (Å²) in [5, 5.41) is 7.92. The van der Waals surface area contributed by atoms with Gasteiger partial charge < -0.3 is 4.90 Å². The normalized spacial score (nSPS) is 11.5. The van der Waals surface area contributed by atoms with Crippen LogP contribution >= 0.6 is 0 Å². The molecule has 0 aliphatic rings. The molecule has 0 fully saturated rings. The molecule has 11 aromatic rings. The highest BCUT2D eigenvalue weighted by Crippen LogP contribution is 2.40. The Morgan fingerprint density at radius 2 is 0.947 bits per heavy atom. The van der Waals surface area contributed by atoms with Crippen molar-refractivity contribution in [3.63, 3.8) is 0 Å². The SMILES string of the molecule is c1ccc(N(c2ccccc2)c2ccc(-c3nc4cc(-c5ccc6ccc7ccc(-c8cccnc8)nc7c6n5)ccc4c4c3ccc3ccccc34)cc2)cc1. The lowest BCUT2D eigenvalue weighted by molar-refractivity contribution is 1.28. The lowest BCUT2D eigenvalue weighted by Crippen LogP contribution is -2.09. The Bertz CT molecular complexity index is 3240. The van der Waals surface area contributed by atoms with Crippen LogP contribution in [0.4, 0.5) is 17.1 Å². The lowest BCUT2D eigenvalue weighted by atomic mass is 9.94. The fraction of sp³-hybridized carbons (Fsp3) is 0. The number of para-hydroxylation sites is 2. The quantitative estimate of drug-likeness (QED) is 0.160. The fourth-order valence-electron chi connectivity index (χ4n) is 8.13. The highest BCUT2D eigenvalue weighted by molar-refractivity contribution is 6.22. The van der Waals surface area contributed by atoms with Gasteiger partial charge in [-0.1, -0.05) is 121 Å². The van der Waals surface area contributed by atoms with Crippen LogP contribution in [0, 0.1) is 0 Å². The Morgan fingerprint density at radius 3 is 1.63 bits per heavy atom. The second-order valence-electron chi connectivity index (χ2n) is 14.3. The molecule has 0 atom stereocenters. The summed E-state index contributed by atoms with van der Waals surface area (Å²) in [7, 11) is 0. The van der Waals surface area contributed by atoms with E-state index in [0.29, 0.717) is 0 Å². The van der Waals surface area contributed by atoms with Crippen LogP contribution in [0.2, 0.25) is 0 Å². The molecule has 11 rings (SSSR count). The Morgan fingerprint density at radius 1 is 0.368 bits per heavy atom. The van der Waals surface area contributed by atoms with Gasteiger partial charge in [0.05, 0.1) is 33.6 Å². The van der Waals surface area contributed by atoms with E-state index in [0.717, 1.165) is 88.9 Å². The van der Waals surface area contributed by atoms with Crippen molar-refractivity contribution in [3.05, 3.63) is 200 Å². The number of pyridine rings is 4. The highest BCUT2D eigenvalue weighted by Gasteiger charge is 2.17. The van der Waals surface area contributed by atoms with E-state index in [-0.39, 0.29) is 0 Å². The Labute approximate surface area is 329 Å². The first-order valence-electron chi connectivity index (χ1n) is 19.1. The third-order valence-electron chi connectivity index (χ3n) is 10.9. The van der Waals surface area contributed by atoms with Crippen LogP contribution in [0.25, 0.3) is 88.0 Å². The minimum Gasteiger partial charge on any atom is -0.311 e. The molecule has 0 saturated carbocycles. The second-order valence-corrected chi connectivity index (χ2v) is 14.3. The third kappa shape index (κ3) is 5.72. The molecule has 0 aliphatic heterocycles. The lowest BCUT2D eigenvalue weighted by Gasteiger charge is -2.25. The number of benzene rings is 7. The van der Waals surface area contributed by atoms with Gasteiger partial charge in [-0.2, -0.15) is 0 Å². The van der Waals surface area contributed by atoms with Gasteiger partial charge in [0.25, 0.3) is 0 Å². The molecule has 0 aliphatic carbocycles. The van der Waals surface area contributed by atoms with Crippen molar-refractivity contribution >= 4 is 71.3 Å². The topological polar surface area (TPSA) is 54.8 Å². The molecule has 57 heavy (non-hydrogen) atoms. The minimum absolute atomic E-state index is 0.870. The van der Waals surface area contributed by atoms with Gasteiger partial charge >= 0.3 is 0 Å². The van der Waals surface area contributed by atoms with Crippen LogP contribution < -0.4 is 4.90 Å². The molecule has 7 aromatic carbocycles. The largest absolute Gasteiger partial charge is 0.311 e. The first-order chi connectivity index (χ1) is 28.2. The van der Waals surface area contributed by atoms with E-state index in [1.165, 1.54) is 16.2 Å². The summed E-state index contributed by atoms with van der Waals surface area (Å²) in [6, 6.07) is 66.0. The number of aromatic nitrogens is 4. The summed E-state index contributed by atoms with van der Waals surface area (Å²) in [5.74, 6) is 0. The van der Waals surface area contributed by atoms with Gasteiger partial charge in [-0.3, -0.25) is 4.98 Å². The number of fused-ring (bicyclic) bond motifs is 8. The van der Waals surface area contributed by atoms with Crippen LogP contribution in [-0.4, -0.2) is 19.9 Å². The molecule has 266 valence electrons. The van der Waals surface area contributed by atoms with E-state index in [2.05, 4.69) is 180 Å². The zero-order chi connectivity index (χ0) is 37.7. The number of rotatable bonds is 6. The summed E-state index contributed by atoms with van der Waals surface area (Å²) in [4.78, 5) is 22.4. The molecule has 4 heterocycles. The Kier molecular flexibility index (Phi) is 7.74. The van der Waals surface area contributed by atoms with Crippen molar-refractivity contribution in [1.82, 2.24) is 19.9 Å². The molecule has 0 N–H and O–H groups in total. The van der Waals surface area contributed by atoms with Crippen LogP contribution in [0.3, 0.4) is 0 Å². The van der Waals surface area contributed by atoms with Crippen LogP contribution in [0.15, 0.2) is 200 Å². The Hall–Kier alpha value is -7.76. The fourth-order valence-corrected chi connectivity index (χ4v) is 8.13. The molecule has 0 radical (unpaired) electrons. The molecule has 0 amide bonds. The Balaban J connectivity index is 1.07. The van der Waals surface area contributed by atoms with E-state index >= 15 is 0 Å².